The molecule has 158 valence electrons. The van der Waals surface area contributed by atoms with Crippen molar-refractivity contribution in [3.05, 3.63) is 30.1 Å². The van der Waals surface area contributed by atoms with E-state index in [0.29, 0.717) is 17.8 Å². The maximum atomic E-state index is 13.1. The van der Waals surface area contributed by atoms with Crippen LogP contribution in [0.2, 0.25) is 0 Å². The number of hydrogen-bond acceptors (Lipinski definition) is 4. The number of carbonyl (C=O) groups excluding carboxylic acids is 1. The zero-order valence-corrected chi connectivity index (χ0v) is 17.2. The topological polar surface area (TPSA) is 55.8 Å². The van der Waals surface area contributed by atoms with Crippen LogP contribution < -0.4 is 10.2 Å². The second-order valence-electron chi connectivity index (χ2n) is 9.87. The van der Waals surface area contributed by atoms with E-state index in [9.17, 15) is 14.3 Å². The van der Waals surface area contributed by atoms with Gasteiger partial charge in [0.2, 0.25) is 5.91 Å². The molecule has 1 amide bonds. The maximum Gasteiger partial charge on any atom is 0.237 e. The molecule has 4 unspecified atom stereocenters. The highest BCUT2D eigenvalue weighted by molar-refractivity contribution is 5.82. The number of nitrogens with zero attached hydrogens (tertiary/aromatic N) is 2. The predicted molar refractivity (Wildman–Crippen MR) is 110 cm³/mol. The zero-order valence-electron chi connectivity index (χ0n) is 17.2. The van der Waals surface area contributed by atoms with Gasteiger partial charge in [0.15, 0.2) is 0 Å². The van der Waals surface area contributed by atoms with Gasteiger partial charge in [-0.25, -0.2) is 4.39 Å². The van der Waals surface area contributed by atoms with Gasteiger partial charge in [-0.1, -0.05) is 0 Å². The summed E-state index contributed by atoms with van der Waals surface area (Å²) in [4.78, 5) is 17.5. The highest BCUT2D eigenvalue weighted by atomic mass is 19.1. The Bertz CT molecular complexity index is 748. The fourth-order valence-electron chi connectivity index (χ4n) is 6.71. The van der Waals surface area contributed by atoms with E-state index in [4.69, 9.17) is 0 Å². The molecule has 1 aromatic rings. The van der Waals surface area contributed by atoms with E-state index < -0.39 is 5.60 Å². The number of amides is 1. The average molecular weight is 402 g/mol. The summed E-state index contributed by atoms with van der Waals surface area (Å²) < 4.78 is 13.1. The molecule has 0 aromatic heterocycles. The van der Waals surface area contributed by atoms with Crippen LogP contribution in [0.3, 0.4) is 0 Å². The summed E-state index contributed by atoms with van der Waals surface area (Å²) in [6.45, 7) is 5.22. The highest BCUT2D eigenvalue weighted by Crippen LogP contribution is 2.55. The van der Waals surface area contributed by atoms with Gasteiger partial charge in [0, 0.05) is 31.9 Å². The molecule has 2 N–H and O–H groups in total. The molecule has 1 heterocycles. The molecular weight excluding hydrogens is 369 g/mol. The van der Waals surface area contributed by atoms with E-state index in [2.05, 4.69) is 15.1 Å². The molecule has 4 atom stereocenters. The number of halogens is 1. The van der Waals surface area contributed by atoms with Crippen LogP contribution in [0.5, 0.6) is 0 Å². The van der Waals surface area contributed by atoms with E-state index in [1.54, 1.807) is 0 Å². The lowest BCUT2D eigenvalue weighted by atomic mass is 9.52. The Balaban J connectivity index is 1.18. The molecule has 6 rings (SSSR count). The third-order valence-corrected chi connectivity index (χ3v) is 8.00. The number of aliphatic hydroxyl groups is 1. The largest absolute Gasteiger partial charge is 0.388 e. The Labute approximate surface area is 172 Å². The Kier molecular flexibility index (Phi) is 4.82. The molecule has 4 saturated carbocycles. The summed E-state index contributed by atoms with van der Waals surface area (Å²) in [5, 5.41) is 14.5. The van der Waals surface area contributed by atoms with Crippen molar-refractivity contribution in [1.29, 1.82) is 0 Å². The molecular formula is C23H32FN3O2. The molecule has 1 aliphatic heterocycles. The van der Waals surface area contributed by atoms with Gasteiger partial charge in [0.1, 0.15) is 5.82 Å². The van der Waals surface area contributed by atoms with Crippen molar-refractivity contribution < 1.29 is 14.3 Å². The van der Waals surface area contributed by atoms with Crippen LogP contribution in [-0.2, 0) is 4.79 Å². The first kappa shape index (κ1) is 19.3. The number of anilines is 1. The van der Waals surface area contributed by atoms with E-state index in [1.165, 1.54) is 18.6 Å². The lowest BCUT2D eigenvalue weighted by molar-refractivity contribution is -0.159. The normalized spacial score (nSPS) is 37.6. The second-order valence-corrected chi connectivity index (χ2v) is 9.87. The summed E-state index contributed by atoms with van der Waals surface area (Å²) >= 11 is 0. The van der Waals surface area contributed by atoms with Crippen molar-refractivity contribution in [2.75, 3.05) is 31.1 Å². The molecule has 5 fully saturated rings. The van der Waals surface area contributed by atoms with Gasteiger partial charge < -0.3 is 15.3 Å². The summed E-state index contributed by atoms with van der Waals surface area (Å²) in [6.07, 6.45) is 5.31. The first-order valence-corrected chi connectivity index (χ1v) is 11.2. The molecule has 5 aliphatic rings. The van der Waals surface area contributed by atoms with E-state index >= 15 is 0 Å². The predicted octanol–water partition coefficient (Wildman–Crippen LogP) is 2.39. The van der Waals surface area contributed by atoms with Crippen LogP contribution in [0.1, 0.15) is 39.0 Å². The molecule has 5 nitrogen and oxygen atoms in total. The van der Waals surface area contributed by atoms with Crippen LogP contribution in [-0.4, -0.2) is 59.8 Å². The van der Waals surface area contributed by atoms with Crippen LogP contribution >= 0.6 is 0 Å². The zero-order chi connectivity index (χ0) is 20.2. The molecule has 6 heteroatoms. The number of piperazine rings is 1. The van der Waals surface area contributed by atoms with Crippen molar-refractivity contribution in [2.24, 2.45) is 17.8 Å². The van der Waals surface area contributed by atoms with E-state index in [1.807, 2.05) is 19.1 Å². The number of nitrogens with one attached hydrogen (secondary N) is 1. The average Bonchev–Trinajstić information content (AvgIpc) is 2.70. The SMILES string of the molecule is CC(C(=O)NC1C2CC3CC(C2)CC1(O)C3)N1CCN(c2ccc(F)cc2)CC1. The van der Waals surface area contributed by atoms with Gasteiger partial charge in [0.25, 0.3) is 0 Å². The third-order valence-electron chi connectivity index (χ3n) is 8.00. The van der Waals surface area contributed by atoms with Crippen molar-refractivity contribution >= 4 is 11.6 Å². The van der Waals surface area contributed by atoms with E-state index in [-0.39, 0.29) is 23.8 Å². The van der Waals surface area contributed by atoms with Gasteiger partial charge in [0.05, 0.1) is 17.7 Å². The summed E-state index contributed by atoms with van der Waals surface area (Å²) in [5.74, 6) is 1.58. The standard InChI is InChI=1S/C23H32FN3O2/c1-15(26-6-8-27(9-7-26)20-4-2-19(24)3-5-20)22(28)25-21-18-11-16-10-17(12-18)14-23(21,29)13-16/h2-5,15-18,21,29H,6-14H2,1H3,(H,25,28). The quantitative estimate of drug-likeness (QED) is 0.814. The molecule has 4 bridgehead atoms. The van der Waals surface area contributed by atoms with Crippen LogP contribution in [0.4, 0.5) is 10.1 Å². The van der Waals surface area contributed by atoms with Crippen LogP contribution in [0.15, 0.2) is 24.3 Å². The minimum atomic E-state index is -0.689. The van der Waals surface area contributed by atoms with Gasteiger partial charge in [-0.05, 0) is 81.0 Å². The number of benzene rings is 1. The molecule has 0 radical (unpaired) electrons. The Morgan fingerprint density at radius 1 is 1.10 bits per heavy atom. The van der Waals surface area contributed by atoms with Crippen LogP contribution in [0, 0.1) is 23.6 Å². The smallest absolute Gasteiger partial charge is 0.237 e. The van der Waals surface area contributed by atoms with Crippen molar-refractivity contribution in [3.8, 4) is 0 Å². The van der Waals surface area contributed by atoms with Crippen LogP contribution in [0.25, 0.3) is 0 Å². The fraction of sp³-hybridized carbons (Fsp3) is 0.696. The molecule has 1 aromatic carbocycles. The minimum absolute atomic E-state index is 0.0473. The summed E-state index contributed by atoms with van der Waals surface area (Å²) in [6, 6.07) is 6.33. The first-order chi connectivity index (χ1) is 13.9. The van der Waals surface area contributed by atoms with Crippen molar-refractivity contribution in [1.82, 2.24) is 10.2 Å². The van der Waals surface area contributed by atoms with Gasteiger partial charge >= 0.3 is 0 Å². The molecule has 29 heavy (non-hydrogen) atoms. The Hall–Kier alpha value is -1.66. The Morgan fingerprint density at radius 2 is 1.72 bits per heavy atom. The number of carbonyl (C=O) groups is 1. The summed E-state index contributed by atoms with van der Waals surface area (Å²) in [5.41, 5.74) is 0.338. The van der Waals surface area contributed by atoms with Crippen molar-refractivity contribution in [3.63, 3.8) is 0 Å². The van der Waals surface area contributed by atoms with E-state index in [0.717, 1.165) is 57.5 Å². The second kappa shape index (κ2) is 7.24. The lowest BCUT2D eigenvalue weighted by Crippen LogP contribution is -2.67. The monoisotopic (exact) mass is 401 g/mol. The number of hydrogen-bond donors (Lipinski definition) is 2. The molecule has 1 saturated heterocycles. The maximum absolute atomic E-state index is 13.1. The molecule has 4 aliphatic carbocycles. The van der Waals surface area contributed by atoms with Gasteiger partial charge in [-0.2, -0.15) is 0 Å². The highest BCUT2D eigenvalue weighted by Gasteiger charge is 2.57. The fourth-order valence-corrected chi connectivity index (χ4v) is 6.71. The van der Waals surface area contributed by atoms with Crippen molar-refractivity contribution in [2.45, 2.75) is 56.7 Å². The summed E-state index contributed by atoms with van der Waals surface area (Å²) in [7, 11) is 0. The Morgan fingerprint density at radius 3 is 2.31 bits per heavy atom. The van der Waals surface area contributed by atoms with Gasteiger partial charge in [-0.15, -0.1) is 0 Å². The molecule has 0 spiro atoms. The minimum Gasteiger partial charge on any atom is -0.388 e. The third kappa shape index (κ3) is 3.55. The first-order valence-electron chi connectivity index (χ1n) is 11.2. The lowest BCUT2D eigenvalue weighted by Gasteiger charge is -2.59. The van der Waals surface area contributed by atoms with Gasteiger partial charge in [-0.3, -0.25) is 9.69 Å². The number of rotatable bonds is 4.